The largest absolute Gasteiger partial charge is 0.469 e. The molecule has 0 spiro atoms. The van der Waals surface area contributed by atoms with Gasteiger partial charge in [0.05, 0.1) is 13.2 Å². The average Bonchev–Trinajstić information content (AvgIpc) is 2.23. The van der Waals surface area contributed by atoms with Crippen LogP contribution in [0.1, 0.15) is 33.6 Å². The molecule has 0 N–H and O–H groups in total. The summed E-state index contributed by atoms with van der Waals surface area (Å²) in [4.78, 5) is 13.0. The second-order valence-corrected chi connectivity index (χ2v) is 11.1. The molecule has 0 rings (SSSR count). The van der Waals surface area contributed by atoms with Crippen molar-refractivity contribution in [2.24, 2.45) is 0 Å². The molecule has 0 aromatic heterocycles. The van der Waals surface area contributed by atoms with Crippen LogP contribution in [-0.2, 0) is 14.0 Å². The van der Waals surface area contributed by atoms with Crippen LogP contribution in [0.3, 0.4) is 0 Å². The van der Waals surface area contributed by atoms with Gasteiger partial charge in [0, 0.05) is 6.42 Å². The second kappa shape index (κ2) is 7.45. The van der Waals surface area contributed by atoms with Gasteiger partial charge in [-0.15, -0.1) is 0 Å². The first-order valence-electron chi connectivity index (χ1n) is 6.15. The Morgan fingerprint density at radius 1 is 1.39 bits per heavy atom. The number of carbonyl (C=O) groups is 1. The first-order valence-corrected chi connectivity index (χ1v) is 9.98. The normalized spacial score (nSPS) is 14.8. The summed E-state index contributed by atoms with van der Waals surface area (Å²) in [6.07, 6.45) is 2.95. The van der Waals surface area contributed by atoms with E-state index in [4.69, 9.17) is 4.43 Å². The summed E-state index contributed by atoms with van der Waals surface area (Å²) >= 11 is 3.27. The van der Waals surface area contributed by atoms with Crippen LogP contribution < -0.4 is 0 Å². The molecular formula is C13H25BrO3Si. The fourth-order valence-electron chi connectivity index (χ4n) is 1.19. The van der Waals surface area contributed by atoms with Gasteiger partial charge >= 0.3 is 5.97 Å². The molecule has 1 unspecified atom stereocenters. The molecule has 0 saturated heterocycles. The summed E-state index contributed by atoms with van der Waals surface area (Å²) in [5.41, 5.74) is 0. The van der Waals surface area contributed by atoms with Gasteiger partial charge in [-0.1, -0.05) is 42.8 Å². The van der Waals surface area contributed by atoms with Gasteiger partial charge in [-0.2, -0.15) is 0 Å². The van der Waals surface area contributed by atoms with E-state index in [9.17, 15) is 4.79 Å². The van der Waals surface area contributed by atoms with Crippen LogP contribution in [0.15, 0.2) is 11.1 Å². The average molecular weight is 337 g/mol. The van der Waals surface area contributed by atoms with Crippen LogP contribution in [0.5, 0.6) is 0 Å². The molecule has 0 heterocycles. The molecule has 0 amide bonds. The summed E-state index contributed by atoms with van der Waals surface area (Å²) < 4.78 is 10.9. The van der Waals surface area contributed by atoms with Crippen molar-refractivity contribution in [3.63, 3.8) is 0 Å². The van der Waals surface area contributed by atoms with Crippen molar-refractivity contribution in [3.8, 4) is 0 Å². The van der Waals surface area contributed by atoms with Crippen molar-refractivity contribution in [2.45, 2.75) is 57.8 Å². The van der Waals surface area contributed by atoms with Gasteiger partial charge in [-0.3, -0.25) is 4.79 Å². The third kappa shape index (κ3) is 6.16. The molecule has 0 fully saturated rings. The minimum absolute atomic E-state index is 0.0376. The molecule has 0 aliphatic heterocycles. The molecule has 0 aromatic carbocycles. The van der Waals surface area contributed by atoms with Crippen LogP contribution in [0, 0.1) is 0 Å². The highest BCUT2D eigenvalue weighted by atomic mass is 79.9. The zero-order valence-corrected chi connectivity index (χ0v) is 14.8. The number of halogens is 1. The molecule has 0 bridgehead atoms. The van der Waals surface area contributed by atoms with Crippen LogP contribution in [0.2, 0.25) is 18.1 Å². The Morgan fingerprint density at radius 3 is 2.33 bits per heavy atom. The number of esters is 1. The molecule has 106 valence electrons. The summed E-state index contributed by atoms with van der Waals surface area (Å²) in [6, 6.07) is 0. The van der Waals surface area contributed by atoms with E-state index in [1.807, 2.05) is 6.08 Å². The maximum atomic E-state index is 11.2. The first kappa shape index (κ1) is 17.9. The number of methoxy groups -OCH3 is 1. The van der Waals surface area contributed by atoms with Gasteiger partial charge < -0.3 is 9.16 Å². The number of hydrogen-bond donors (Lipinski definition) is 0. The molecule has 18 heavy (non-hydrogen) atoms. The van der Waals surface area contributed by atoms with E-state index in [-0.39, 0.29) is 17.1 Å². The molecule has 0 aliphatic rings. The van der Waals surface area contributed by atoms with E-state index in [1.54, 1.807) is 4.99 Å². The summed E-state index contributed by atoms with van der Waals surface area (Å²) in [6.45, 7) is 11.0. The zero-order chi connectivity index (χ0) is 14.4. The van der Waals surface area contributed by atoms with E-state index in [0.29, 0.717) is 12.8 Å². The van der Waals surface area contributed by atoms with Crippen LogP contribution in [0.4, 0.5) is 0 Å². The lowest BCUT2D eigenvalue weighted by Gasteiger charge is -2.38. The van der Waals surface area contributed by atoms with Gasteiger partial charge in [-0.05, 0) is 29.5 Å². The fraction of sp³-hybridized carbons (Fsp3) is 0.769. The lowest BCUT2D eigenvalue weighted by molar-refractivity contribution is -0.141. The smallest absolute Gasteiger partial charge is 0.305 e. The van der Waals surface area contributed by atoms with Crippen molar-refractivity contribution < 1.29 is 14.0 Å². The molecular weight excluding hydrogens is 312 g/mol. The highest BCUT2D eigenvalue weighted by molar-refractivity contribution is 9.11. The van der Waals surface area contributed by atoms with Crippen molar-refractivity contribution in [1.82, 2.24) is 0 Å². The Labute approximate surface area is 120 Å². The predicted octanol–water partition coefficient (Wildman–Crippen LogP) is 4.24. The summed E-state index contributed by atoms with van der Waals surface area (Å²) in [5, 5.41) is 0.163. The predicted molar refractivity (Wildman–Crippen MR) is 81.4 cm³/mol. The molecule has 0 aliphatic carbocycles. The van der Waals surface area contributed by atoms with E-state index < -0.39 is 8.32 Å². The van der Waals surface area contributed by atoms with Gasteiger partial charge in [0.2, 0.25) is 0 Å². The Kier molecular flexibility index (Phi) is 7.40. The standard InChI is InChI=1S/C13H25BrO3Si/c1-13(2,3)18(5,6)17-11(9-10-14)7-8-12(15)16-4/h9-11H,7-8H2,1-6H3/b10-9+. The van der Waals surface area contributed by atoms with Crippen LogP contribution >= 0.6 is 15.9 Å². The van der Waals surface area contributed by atoms with Gasteiger partial charge in [0.1, 0.15) is 0 Å². The topological polar surface area (TPSA) is 35.5 Å². The maximum Gasteiger partial charge on any atom is 0.305 e. The lowest BCUT2D eigenvalue weighted by Crippen LogP contribution is -2.43. The van der Waals surface area contributed by atoms with E-state index in [0.717, 1.165) is 0 Å². The highest BCUT2D eigenvalue weighted by Crippen LogP contribution is 2.37. The second-order valence-electron chi connectivity index (χ2n) is 5.85. The molecule has 0 aromatic rings. The van der Waals surface area contributed by atoms with Gasteiger partial charge in [-0.25, -0.2) is 0 Å². The Morgan fingerprint density at radius 2 is 1.94 bits per heavy atom. The Hall–Kier alpha value is -0.133. The van der Waals surface area contributed by atoms with Crippen molar-refractivity contribution in [3.05, 3.63) is 11.1 Å². The van der Waals surface area contributed by atoms with E-state index in [2.05, 4.69) is 54.5 Å². The third-order valence-corrected chi connectivity index (χ3v) is 8.21. The van der Waals surface area contributed by atoms with Gasteiger partial charge in [0.15, 0.2) is 8.32 Å². The number of ether oxygens (including phenoxy) is 1. The number of hydrogen-bond acceptors (Lipinski definition) is 3. The Bertz CT molecular complexity index is 295. The summed E-state index contributed by atoms with van der Waals surface area (Å²) in [7, 11) is -0.403. The van der Waals surface area contributed by atoms with Crippen LogP contribution in [-0.4, -0.2) is 27.5 Å². The van der Waals surface area contributed by atoms with Crippen molar-refractivity contribution in [2.75, 3.05) is 7.11 Å². The van der Waals surface area contributed by atoms with Crippen molar-refractivity contribution in [1.29, 1.82) is 0 Å². The molecule has 0 saturated carbocycles. The Balaban J connectivity index is 4.58. The first-order chi connectivity index (χ1) is 8.14. The number of rotatable bonds is 6. The third-order valence-electron chi connectivity index (χ3n) is 3.40. The zero-order valence-electron chi connectivity index (χ0n) is 12.2. The van der Waals surface area contributed by atoms with E-state index in [1.165, 1.54) is 7.11 Å². The van der Waals surface area contributed by atoms with Crippen LogP contribution in [0.25, 0.3) is 0 Å². The van der Waals surface area contributed by atoms with Crippen molar-refractivity contribution >= 4 is 30.2 Å². The minimum Gasteiger partial charge on any atom is -0.469 e. The SMILES string of the molecule is COC(=O)CCC(/C=C/Br)O[Si](C)(C)C(C)(C)C. The lowest BCUT2D eigenvalue weighted by atomic mass is 10.2. The maximum absolute atomic E-state index is 11.2. The quantitative estimate of drug-likeness (QED) is 0.537. The summed E-state index contributed by atoms with van der Waals surface area (Å²) in [5.74, 6) is -0.193. The van der Waals surface area contributed by atoms with E-state index >= 15 is 0 Å². The minimum atomic E-state index is -1.81. The molecule has 0 radical (unpaired) electrons. The van der Waals surface area contributed by atoms with Gasteiger partial charge in [0.25, 0.3) is 0 Å². The monoisotopic (exact) mass is 336 g/mol. The molecule has 3 nitrogen and oxygen atoms in total. The molecule has 5 heteroatoms. The highest BCUT2D eigenvalue weighted by Gasteiger charge is 2.38. The number of carbonyl (C=O) groups excluding carboxylic acids is 1. The molecule has 1 atom stereocenters. The fourth-order valence-corrected chi connectivity index (χ4v) is 2.84.